The predicted molar refractivity (Wildman–Crippen MR) is 81.2 cm³/mol. The highest BCUT2D eigenvalue weighted by Gasteiger charge is 2.23. The van der Waals surface area contributed by atoms with Gasteiger partial charge in [0, 0.05) is 24.7 Å². The van der Waals surface area contributed by atoms with Crippen molar-refractivity contribution in [2.24, 2.45) is 5.73 Å². The lowest BCUT2D eigenvalue weighted by Crippen LogP contribution is -2.45. The molecule has 1 aliphatic rings. The third-order valence-corrected chi connectivity index (χ3v) is 3.94. The minimum atomic E-state index is -0.246. The summed E-state index contributed by atoms with van der Waals surface area (Å²) in [4.78, 5) is 4.54. The summed E-state index contributed by atoms with van der Waals surface area (Å²) in [5, 5.41) is 0. The Labute approximate surface area is 119 Å². The van der Waals surface area contributed by atoms with Crippen molar-refractivity contribution in [1.29, 1.82) is 0 Å². The average Bonchev–Trinajstić information content (AvgIpc) is 2.38. The Hall–Kier alpha value is -1.20. The molecule has 1 aliphatic heterocycles. The molecule has 0 spiro atoms. The number of nitrogens with two attached hydrogens (primary N) is 1. The molecule has 2 N–H and O–H groups in total. The van der Waals surface area contributed by atoms with E-state index in [0.29, 0.717) is 17.3 Å². The summed E-state index contributed by atoms with van der Waals surface area (Å²) in [6.07, 6.45) is 2.25. The van der Waals surface area contributed by atoms with E-state index in [1.54, 1.807) is 12.1 Å². The number of anilines is 1. The van der Waals surface area contributed by atoms with Crippen molar-refractivity contribution in [3.8, 4) is 0 Å². The average molecular weight is 281 g/mol. The number of hydrogen-bond acceptors (Lipinski definition) is 3. The molecule has 0 saturated carbocycles. The van der Waals surface area contributed by atoms with Crippen LogP contribution in [0.3, 0.4) is 0 Å². The van der Waals surface area contributed by atoms with Gasteiger partial charge in [0.05, 0.1) is 5.69 Å². The molecule has 1 fully saturated rings. The Balaban J connectivity index is 2.19. The van der Waals surface area contributed by atoms with Gasteiger partial charge in [-0.1, -0.05) is 12.2 Å². The van der Waals surface area contributed by atoms with Gasteiger partial charge in [0.25, 0.3) is 0 Å². The molecule has 0 radical (unpaired) electrons. The third kappa shape index (κ3) is 3.22. The number of piperidine rings is 1. The summed E-state index contributed by atoms with van der Waals surface area (Å²) in [5.74, 6) is -0.246. The Morgan fingerprint density at radius 1 is 1.47 bits per heavy atom. The third-order valence-electron chi connectivity index (χ3n) is 3.70. The van der Waals surface area contributed by atoms with Gasteiger partial charge in [-0.3, -0.25) is 0 Å². The number of nitrogens with zero attached hydrogens (tertiary/aromatic N) is 2. The monoisotopic (exact) mass is 281 g/mol. The Kier molecular flexibility index (Phi) is 4.37. The van der Waals surface area contributed by atoms with Crippen LogP contribution in [-0.4, -0.2) is 43.1 Å². The maximum Gasteiger partial charge on any atom is 0.147 e. The van der Waals surface area contributed by atoms with E-state index in [1.165, 1.54) is 6.07 Å². The molecule has 2 rings (SSSR count). The fourth-order valence-corrected chi connectivity index (χ4v) is 2.64. The molecule has 1 unspecified atom stereocenters. The van der Waals surface area contributed by atoms with Crippen molar-refractivity contribution in [1.82, 2.24) is 4.90 Å². The van der Waals surface area contributed by atoms with Crippen LogP contribution < -0.4 is 10.6 Å². The summed E-state index contributed by atoms with van der Waals surface area (Å²) >= 11 is 4.87. The molecule has 1 saturated heterocycles. The summed E-state index contributed by atoms with van der Waals surface area (Å²) < 4.78 is 14.2. The van der Waals surface area contributed by atoms with Crippen LogP contribution in [0.5, 0.6) is 0 Å². The molecule has 0 aromatic heterocycles. The van der Waals surface area contributed by atoms with E-state index >= 15 is 0 Å². The van der Waals surface area contributed by atoms with E-state index in [9.17, 15) is 4.39 Å². The molecule has 5 heteroatoms. The Morgan fingerprint density at radius 2 is 2.21 bits per heavy atom. The van der Waals surface area contributed by atoms with Gasteiger partial charge in [0.15, 0.2) is 0 Å². The van der Waals surface area contributed by atoms with Gasteiger partial charge >= 0.3 is 0 Å². The molecule has 0 aliphatic carbocycles. The van der Waals surface area contributed by atoms with Gasteiger partial charge in [0.2, 0.25) is 0 Å². The van der Waals surface area contributed by atoms with Crippen molar-refractivity contribution in [2.75, 3.05) is 32.1 Å². The van der Waals surface area contributed by atoms with E-state index in [4.69, 9.17) is 18.0 Å². The van der Waals surface area contributed by atoms with Crippen LogP contribution in [0.15, 0.2) is 18.2 Å². The molecular weight excluding hydrogens is 261 g/mol. The van der Waals surface area contributed by atoms with E-state index in [-0.39, 0.29) is 10.8 Å². The first-order valence-corrected chi connectivity index (χ1v) is 6.90. The Bertz CT molecular complexity index is 476. The normalized spacial score (nSPS) is 19.8. The van der Waals surface area contributed by atoms with Crippen LogP contribution in [-0.2, 0) is 0 Å². The zero-order valence-electron chi connectivity index (χ0n) is 11.4. The van der Waals surface area contributed by atoms with Crippen molar-refractivity contribution in [3.05, 3.63) is 29.6 Å². The number of thiocarbonyl (C=S) groups is 1. The number of rotatable bonds is 3. The fourth-order valence-electron chi connectivity index (χ4n) is 2.51. The topological polar surface area (TPSA) is 32.5 Å². The SMILES string of the molecule is CN(C)C1CCCN(c2ccc(C(N)=S)cc2F)C1. The van der Waals surface area contributed by atoms with E-state index < -0.39 is 0 Å². The van der Waals surface area contributed by atoms with Gasteiger partial charge in [-0.15, -0.1) is 0 Å². The first-order chi connectivity index (χ1) is 8.99. The van der Waals surface area contributed by atoms with Crippen LogP contribution in [0.4, 0.5) is 10.1 Å². The lowest BCUT2D eigenvalue weighted by molar-refractivity contribution is 0.257. The zero-order valence-corrected chi connectivity index (χ0v) is 12.2. The molecule has 0 bridgehead atoms. The van der Waals surface area contributed by atoms with E-state index in [1.807, 2.05) is 0 Å². The largest absolute Gasteiger partial charge is 0.389 e. The van der Waals surface area contributed by atoms with Crippen molar-refractivity contribution in [3.63, 3.8) is 0 Å². The number of hydrogen-bond donors (Lipinski definition) is 1. The molecule has 1 aromatic rings. The van der Waals surface area contributed by atoms with Gasteiger partial charge < -0.3 is 15.5 Å². The second-order valence-corrected chi connectivity index (χ2v) is 5.68. The van der Waals surface area contributed by atoms with E-state index in [2.05, 4.69) is 23.9 Å². The van der Waals surface area contributed by atoms with Crippen LogP contribution in [0.1, 0.15) is 18.4 Å². The van der Waals surface area contributed by atoms with Gasteiger partial charge in [-0.05, 0) is 45.1 Å². The quantitative estimate of drug-likeness (QED) is 0.859. The van der Waals surface area contributed by atoms with Gasteiger partial charge in [0.1, 0.15) is 10.8 Å². The number of likely N-dealkylation sites (N-methyl/N-ethyl adjacent to an activating group) is 1. The van der Waals surface area contributed by atoms with Crippen LogP contribution >= 0.6 is 12.2 Å². The summed E-state index contributed by atoms with van der Waals surface area (Å²) in [6, 6.07) is 5.47. The maximum atomic E-state index is 14.2. The van der Waals surface area contributed by atoms with E-state index in [0.717, 1.165) is 25.9 Å². The lowest BCUT2D eigenvalue weighted by Gasteiger charge is -2.37. The van der Waals surface area contributed by atoms with Crippen molar-refractivity contribution in [2.45, 2.75) is 18.9 Å². The van der Waals surface area contributed by atoms with Crippen molar-refractivity contribution >= 4 is 22.9 Å². The second kappa shape index (κ2) is 5.84. The maximum absolute atomic E-state index is 14.2. The summed E-state index contributed by atoms with van der Waals surface area (Å²) in [5.41, 5.74) is 6.74. The lowest BCUT2D eigenvalue weighted by atomic mass is 10.0. The molecule has 3 nitrogen and oxygen atoms in total. The first kappa shape index (κ1) is 14.2. The number of halogens is 1. The number of benzene rings is 1. The van der Waals surface area contributed by atoms with Gasteiger partial charge in [-0.2, -0.15) is 0 Å². The standard InChI is InChI=1S/C14H20FN3S/c1-17(2)11-4-3-7-18(9-11)13-6-5-10(14(16)19)8-12(13)15/h5-6,8,11H,3-4,7,9H2,1-2H3,(H2,16,19). The molecule has 104 valence electrons. The highest BCUT2D eigenvalue weighted by molar-refractivity contribution is 7.80. The fraction of sp³-hybridized carbons (Fsp3) is 0.500. The van der Waals surface area contributed by atoms with Crippen LogP contribution in [0.2, 0.25) is 0 Å². The predicted octanol–water partition coefficient (Wildman–Crippen LogP) is 1.99. The molecular formula is C14H20FN3S. The first-order valence-electron chi connectivity index (χ1n) is 6.50. The minimum Gasteiger partial charge on any atom is -0.389 e. The minimum absolute atomic E-state index is 0.232. The van der Waals surface area contributed by atoms with Crippen LogP contribution in [0.25, 0.3) is 0 Å². The highest BCUT2D eigenvalue weighted by Crippen LogP contribution is 2.25. The van der Waals surface area contributed by atoms with Gasteiger partial charge in [-0.25, -0.2) is 4.39 Å². The Morgan fingerprint density at radius 3 is 2.79 bits per heavy atom. The second-order valence-electron chi connectivity index (χ2n) is 5.24. The smallest absolute Gasteiger partial charge is 0.147 e. The molecule has 1 aromatic carbocycles. The molecule has 1 atom stereocenters. The summed E-state index contributed by atoms with van der Waals surface area (Å²) in [6.45, 7) is 1.75. The zero-order chi connectivity index (χ0) is 14.0. The molecule has 19 heavy (non-hydrogen) atoms. The highest BCUT2D eigenvalue weighted by atomic mass is 32.1. The molecule has 0 amide bonds. The van der Waals surface area contributed by atoms with Crippen molar-refractivity contribution < 1.29 is 4.39 Å². The summed E-state index contributed by atoms with van der Waals surface area (Å²) in [7, 11) is 4.14. The molecule has 1 heterocycles. The van der Waals surface area contributed by atoms with Crippen LogP contribution in [0, 0.1) is 5.82 Å².